The molecular weight excluding hydrogens is 315 g/mol. The summed E-state index contributed by atoms with van der Waals surface area (Å²) in [5, 5.41) is 2.77. The molecule has 0 bridgehead atoms. The molecule has 0 radical (unpaired) electrons. The molecule has 23 heavy (non-hydrogen) atoms. The van der Waals surface area contributed by atoms with Crippen LogP contribution in [0.25, 0.3) is 10.6 Å². The van der Waals surface area contributed by atoms with Gasteiger partial charge in [0.2, 0.25) is 5.95 Å². The number of hydrogen-bond donors (Lipinski definition) is 2. The molecule has 1 amide bonds. The number of anilines is 1. The number of nitrogens with two attached hydrogens (primary N) is 1. The van der Waals surface area contributed by atoms with Crippen molar-refractivity contribution < 1.29 is 9.18 Å². The van der Waals surface area contributed by atoms with Gasteiger partial charge in [0.15, 0.2) is 0 Å². The molecule has 0 atom stereocenters. The van der Waals surface area contributed by atoms with Gasteiger partial charge < -0.3 is 11.1 Å². The molecule has 2 aromatic heterocycles. The maximum Gasteiger partial charge on any atom is 0.261 e. The molecule has 0 saturated carbocycles. The number of thiophene rings is 1. The summed E-state index contributed by atoms with van der Waals surface area (Å²) >= 11 is 1.31. The smallest absolute Gasteiger partial charge is 0.261 e. The Morgan fingerprint density at radius 3 is 2.91 bits per heavy atom. The minimum Gasteiger partial charge on any atom is -0.368 e. The fourth-order valence-electron chi connectivity index (χ4n) is 2.02. The summed E-state index contributed by atoms with van der Waals surface area (Å²) in [7, 11) is 0. The molecule has 3 rings (SSSR count). The Hall–Kier alpha value is -2.80. The molecule has 0 spiro atoms. The van der Waals surface area contributed by atoms with Crippen LogP contribution in [0.5, 0.6) is 0 Å². The van der Waals surface area contributed by atoms with E-state index in [9.17, 15) is 9.18 Å². The van der Waals surface area contributed by atoms with E-state index in [2.05, 4.69) is 15.3 Å². The van der Waals surface area contributed by atoms with Gasteiger partial charge in [0, 0.05) is 12.7 Å². The van der Waals surface area contributed by atoms with Crippen molar-refractivity contribution in [1.82, 2.24) is 15.3 Å². The average Bonchev–Trinajstić information content (AvgIpc) is 3.03. The van der Waals surface area contributed by atoms with E-state index in [1.807, 2.05) is 6.07 Å². The lowest BCUT2D eigenvalue weighted by Crippen LogP contribution is -2.21. The highest BCUT2D eigenvalue weighted by Crippen LogP contribution is 2.26. The first kappa shape index (κ1) is 15.1. The van der Waals surface area contributed by atoms with Crippen LogP contribution in [0.1, 0.15) is 15.2 Å². The predicted molar refractivity (Wildman–Crippen MR) is 87.3 cm³/mol. The van der Waals surface area contributed by atoms with Crippen molar-refractivity contribution in [3.05, 3.63) is 64.9 Å². The summed E-state index contributed by atoms with van der Waals surface area (Å²) in [4.78, 5) is 21.5. The molecule has 3 N–H and O–H groups in total. The topological polar surface area (TPSA) is 80.9 Å². The molecule has 0 aliphatic heterocycles. The number of nitrogens with one attached hydrogen (secondary N) is 1. The van der Waals surface area contributed by atoms with Crippen LogP contribution in [-0.2, 0) is 6.54 Å². The largest absolute Gasteiger partial charge is 0.368 e. The summed E-state index contributed by atoms with van der Waals surface area (Å²) in [5.41, 5.74) is 6.94. The minimum absolute atomic E-state index is 0.188. The van der Waals surface area contributed by atoms with Crippen LogP contribution in [0.2, 0.25) is 0 Å². The number of nitrogens with zero attached hydrogens (tertiary/aromatic N) is 2. The summed E-state index contributed by atoms with van der Waals surface area (Å²) in [6.07, 6.45) is 1.57. The Labute approximate surface area is 136 Å². The molecular formula is C16H13FN4OS. The van der Waals surface area contributed by atoms with Crippen molar-refractivity contribution in [2.75, 3.05) is 5.73 Å². The average molecular weight is 328 g/mol. The van der Waals surface area contributed by atoms with Crippen molar-refractivity contribution in [3.63, 3.8) is 0 Å². The molecule has 0 unspecified atom stereocenters. The second-order valence-corrected chi connectivity index (χ2v) is 5.86. The van der Waals surface area contributed by atoms with Gasteiger partial charge in [0.1, 0.15) is 5.82 Å². The van der Waals surface area contributed by atoms with Gasteiger partial charge in [-0.25, -0.2) is 14.4 Å². The molecule has 0 fully saturated rings. The molecule has 2 heterocycles. The fraction of sp³-hybridized carbons (Fsp3) is 0.0625. The summed E-state index contributed by atoms with van der Waals surface area (Å²) in [6, 6.07) is 11.4. The normalized spacial score (nSPS) is 10.5. The lowest BCUT2D eigenvalue weighted by molar-refractivity contribution is 0.0955. The van der Waals surface area contributed by atoms with Crippen LogP contribution >= 0.6 is 11.3 Å². The van der Waals surface area contributed by atoms with Crippen molar-refractivity contribution in [2.45, 2.75) is 6.54 Å². The van der Waals surface area contributed by atoms with Crippen molar-refractivity contribution >= 4 is 23.2 Å². The van der Waals surface area contributed by atoms with E-state index in [-0.39, 0.29) is 24.2 Å². The van der Waals surface area contributed by atoms with Gasteiger partial charge in [-0.05, 0) is 35.9 Å². The Morgan fingerprint density at radius 1 is 1.26 bits per heavy atom. The van der Waals surface area contributed by atoms with Crippen LogP contribution in [0.15, 0.2) is 48.7 Å². The Morgan fingerprint density at radius 2 is 2.13 bits per heavy atom. The van der Waals surface area contributed by atoms with Gasteiger partial charge in [-0.1, -0.05) is 12.1 Å². The monoisotopic (exact) mass is 328 g/mol. The van der Waals surface area contributed by atoms with E-state index in [4.69, 9.17) is 5.73 Å². The third kappa shape index (κ3) is 3.70. The Balaban J connectivity index is 1.69. The Kier molecular flexibility index (Phi) is 4.29. The third-order valence-corrected chi connectivity index (χ3v) is 4.21. The highest BCUT2D eigenvalue weighted by Gasteiger charge is 2.11. The molecule has 0 saturated heterocycles. The van der Waals surface area contributed by atoms with Crippen LogP contribution in [-0.4, -0.2) is 15.9 Å². The van der Waals surface area contributed by atoms with E-state index in [1.165, 1.54) is 23.5 Å². The number of hydrogen-bond acceptors (Lipinski definition) is 5. The van der Waals surface area contributed by atoms with Crippen molar-refractivity contribution in [3.8, 4) is 10.6 Å². The summed E-state index contributed by atoms with van der Waals surface area (Å²) in [6.45, 7) is 0.268. The fourth-order valence-corrected chi connectivity index (χ4v) is 2.92. The Bertz CT molecular complexity index is 849. The standard InChI is InChI=1S/C16H13FN4OS/c17-11-3-1-2-10(8-11)9-20-15(22)14-5-4-13(23-14)12-6-7-19-16(18)21-12/h1-8H,9H2,(H,20,22)(H2,18,19,21). The zero-order valence-electron chi connectivity index (χ0n) is 12.0. The quantitative estimate of drug-likeness (QED) is 0.772. The predicted octanol–water partition coefficient (Wildman–Crippen LogP) is 2.86. The highest BCUT2D eigenvalue weighted by molar-refractivity contribution is 7.17. The van der Waals surface area contributed by atoms with Gasteiger partial charge in [-0.2, -0.15) is 0 Å². The first-order chi connectivity index (χ1) is 11.1. The number of amides is 1. The van der Waals surface area contributed by atoms with E-state index in [1.54, 1.807) is 30.5 Å². The number of carbonyl (C=O) groups excluding carboxylic acids is 1. The maximum absolute atomic E-state index is 13.1. The number of nitrogen functional groups attached to an aromatic ring is 1. The molecule has 1 aromatic carbocycles. The van der Waals surface area contributed by atoms with E-state index in [0.717, 1.165) is 4.88 Å². The lowest BCUT2D eigenvalue weighted by atomic mass is 10.2. The summed E-state index contributed by atoms with van der Waals surface area (Å²) in [5.74, 6) is -0.350. The highest BCUT2D eigenvalue weighted by atomic mass is 32.1. The van der Waals surface area contributed by atoms with Crippen LogP contribution in [0, 0.1) is 5.82 Å². The van der Waals surface area contributed by atoms with Crippen LogP contribution in [0.4, 0.5) is 10.3 Å². The number of halogens is 1. The molecule has 3 aromatic rings. The SMILES string of the molecule is Nc1nccc(-c2ccc(C(=O)NCc3cccc(F)c3)s2)n1. The zero-order valence-corrected chi connectivity index (χ0v) is 12.8. The number of benzene rings is 1. The van der Waals surface area contributed by atoms with Gasteiger partial charge in [0.25, 0.3) is 5.91 Å². The maximum atomic E-state index is 13.1. The molecule has 5 nitrogen and oxygen atoms in total. The van der Waals surface area contributed by atoms with E-state index >= 15 is 0 Å². The van der Waals surface area contributed by atoms with Crippen molar-refractivity contribution in [2.24, 2.45) is 0 Å². The molecule has 0 aliphatic carbocycles. The van der Waals surface area contributed by atoms with Crippen molar-refractivity contribution in [1.29, 1.82) is 0 Å². The van der Waals surface area contributed by atoms with E-state index in [0.29, 0.717) is 16.1 Å². The second-order valence-electron chi connectivity index (χ2n) is 4.78. The second kappa shape index (κ2) is 6.53. The number of rotatable bonds is 4. The van der Waals surface area contributed by atoms with Gasteiger partial charge >= 0.3 is 0 Å². The molecule has 116 valence electrons. The number of aromatic nitrogens is 2. The summed E-state index contributed by atoms with van der Waals surface area (Å²) < 4.78 is 13.1. The van der Waals surface area contributed by atoms with Crippen LogP contribution in [0.3, 0.4) is 0 Å². The first-order valence-electron chi connectivity index (χ1n) is 6.83. The van der Waals surface area contributed by atoms with Crippen LogP contribution < -0.4 is 11.1 Å². The van der Waals surface area contributed by atoms with Gasteiger partial charge in [0.05, 0.1) is 15.4 Å². The van der Waals surface area contributed by atoms with Gasteiger partial charge in [-0.3, -0.25) is 4.79 Å². The first-order valence-corrected chi connectivity index (χ1v) is 7.65. The molecule has 0 aliphatic rings. The van der Waals surface area contributed by atoms with Gasteiger partial charge in [-0.15, -0.1) is 11.3 Å². The van der Waals surface area contributed by atoms with E-state index < -0.39 is 0 Å². The number of carbonyl (C=O) groups is 1. The minimum atomic E-state index is -0.323. The lowest BCUT2D eigenvalue weighted by Gasteiger charge is -2.03. The third-order valence-electron chi connectivity index (χ3n) is 3.10. The molecule has 7 heteroatoms. The zero-order chi connectivity index (χ0) is 16.2.